The highest BCUT2D eigenvalue weighted by Gasteiger charge is 2.09. The molecule has 1 heterocycles. The summed E-state index contributed by atoms with van der Waals surface area (Å²) in [6, 6.07) is 6.02. The minimum absolute atomic E-state index is 0.262. The summed E-state index contributed by atoms with van der Waals surface area (Å²) >= 11 is 3.43. The second-order valence-electron chi connectivity index (χ2n) is 3.88. The van der Waals surface area contributed by atoms with Crippen LogP contribution in [0.2, 0.25) is 0 Å². The third kappa shape index (κ3) is 3.04. The van der Waals surface area contributed by atoms with E-state index in [0.29, 0.717) is 11.9 Å². The number of hydrogen-bond donors (Lipinski definition) is 2. The SMILES string of the molecule is Cc1cc(Br)cc(Nc2nnc(C(C)N)o2)c1. The molecule has 1 unspecified atom stereocenters. The van der Waals surface area contributed by atoms with E-state index in [1.807, 2.05) is 25.1 Å². The summed E-state index contributed by atoms with van der Waals surface area (Å²) in [6.07, 6.45) is 0. The van der Waals surface area contributed by atoms with Crippen LogP contribution in [0.5, 0.6) is 0 Å². The van der Waals surface area contributed by atoms with Gasteiger partial charge in [0.2, 0.25) is 5.89 Å². The van der Waals surface area contributed by atoms with Gasteiger partial charge in [0.1, 0.15) is 0 Å². The zero-order valence-corrected chi connectivity index (χ0v) is 11.2. The molecule has 0 fully saturated rings. The first kappa shape index (κ1) is 12.1. The third-order valence-electron chi connectivity index (χ3n) is 2.12. The molecule has 0 saturated heterocycles. The number of nitrogens with two attached hydrogens (primary N) is 1. The first-order valence-corrected chi connectivity index (χ1v) is 5.97. The largest absolute Gasteiger partial charge is 0.406 e. The molecule has 1 atom stereocenters. The van der Waals surface area contributed by atoms with Crippen LogP contribution in [0.25, 0.3) is 0 Å². The molecule has 0 radical (unpaired) electrons. The van der Waals surface area contributed by atoms with Crippen LogP contribution in [0.4, 0.5) is 11.7 Å². The average molecular weight is 297 g/mol. The van der Waals surface area contributed by atoms with Crippen molar-refractivity contribution in [2.24, 2.45) is 5.73 Å². The van der Waals surface area contributed by atoms with Gasteiger partial charge >= 0.3 is 6.01 Å². The lowest BCUT2D eigenvalue weighted by molar-refractivity contribution is 0.475. The van der Waals surface area contributed by atoms with E-state index in [-0.39, 0.29) is 6.04 Å². The van der Waals surface area contributed by atoms with Crippen molar-refractivity contribution in [3.8, 4) is 0 Å². The summed E-state index contributed by atoms with van der Waals surface area (Å²) in [4.78, 5) is 0. The van der Waals surface area contributed by atoms with Gasteiger partial charge in [-0.15, -0.1) is 5.10 Å². The number of halogens is 1. The normalized spacial score (nSPS) is 12.5. The molecule has 1 aromatic heterocycles. The number of rotatable bonds is 3. The number of anilines is 2. The van der Waals surface area contributed by atoms with Gasteiger partial charge in [0.25, 0.3) is 0 Å². The van der Waals surface area contributed by atoms with Crippen LogP contribution in [-0.2, 0) is 0 Å². The summed E-state index contributed by atoms with van der Waals surface area (Å²) < 4.78 is 6.35. The van der Waals surface area contributed by atoms with Crippen molar-refractivity contribution in [3.05, 3.63) is 34.1 Å². The van der Waals surface area contributed by atoms with E-state index in [1.165, 1.54) is 0 Å². The van der Waals surface area contributed by atoms with Crippen LogP contribution in [0.3, 0.4) is 0 Å². The molecule has 0 amide bonds. The van der Waals surface area contributed by atoms with Crippen LogP contribution >= 0.6 is 15.9 Å². The maximum absolute atomic E-state index is 5.64. The number of aryl methyl sites for hydroxylation is 1. The first-order chi connectivity index (χ1) is 8.04. The zero-order chi connectivity index (χ0) is 12.4. The molecule has 1 aromatic carbocycles. The maximum atomic E-state index is 5.64. The Balaban J connectivity index is 2.19. The number of aromatic nitrogens is 2. The van der Waals surface area contributed by atoms with E-state index in [9.17, 15) is 0 Å². The third-order valence-corrected chi connectivity index (χ3v) is 2.58. The number of hydrogen-bond acceptors (Lipinski definition) is 5. The highest BCUT2D eigenvalue weighted by molar-refractivity contribution is 9.10. The average Bonchev–Trinajstić information content (AvgIpc) is 2.64. The minimum Gasteiger partial charge on any atom is -0.406 e. The summed E-state index contributed by atoms with van der Waals surface area (Å²) in [5.74, 6) is 0.416. The predicted molar refractivity (Wildman–Crippen MR) is 69.1 cm³/mol. The van der Waals surface area contributed by atoms with Gasteiger partial charge < -0.3 is 15.5 Å². The van der Waals surface area contributed by atoms with Gasteiger partial charge in [-0.1, -0.05) is 21.0 Å². The maximum Gasteiger partial charge on any atom is 0.320 e. The second-order valence-corrected chi connectivity index (χ2v) is 4.79. The van der Waals surface area contributed by atoms with Crippen molar-refractivity contribution in [2.75, 3.05) is 5.32 Å². The lowest BCUT2D eigenvalue weighted by Crippen LogP contribution is -2.04. The van der Waals surface area contributed by atoms with Crippen LogP contribution in [0.15, 0.2) is 27.1 Å². The Morgan fingerprint density at radius 1 is 1.35 bits per heavy atom. The van der Waals surface area contributed by atoms with Gasteiger partial charge in [0.05, 0.1) is 6.04 Å². The van der Waals surface area contributed by atoms with Gasteiger partial charge in [0, 0.05) is 10.2 Å². The molecule has 0 bridgehead atoms. The smallest absolute Gasteiger partial charge is 0.320 e. The van der Waals surface area contributed by atoms with Crippen LogP contribution < -0.4 is 11.1 Å². The summed E-state index contributed by atoms with van der Waals surface area (Å²) in [7, 11) is 0. The van der Waals surface area contributed by atoms with Crippen molar-refractivity contribution in [2.45, 2.75) is 19.9 Å². The molecule has 17 heavy (non-hydrogen) atoms. The Bertz CT molecular complexity index is 504. The Labute approximate surface area is 108 Å². The molecule has 2 rings (SSSR count). The lowest BCUT2D eigenvalue weighted by atomic mass is 10.2. The molecule has 5 nitrogen and oxygen atoms in total. The van der Waals surface area contributed by atoms with Crippen molar-refractivity contribution >= 4 is 27.6 Å². The van der Waals surface area contributed by atoms with Crippen molar-refractivity contribution < 1.29 is 4.42 Å². The standard InChI is InChI=1S/C11H13BrN4O/c1-6-3-8(12)5-9(4-6)14-11-16-15-10(17-11)7(2)13/h3-5,7H,13H2,1-2H3,(H,14,16). The molecule has 6 heteroatoms. The van der Waals surface area contributed by atoms with Gasteiger partial charge in [-0.05, 0) is 37.6 Å². The predicted octanol–water partition coefficient (Wildman–Crippen LogP) is 2.90. The zero-order valence-electron chi connectivity index (χ0n) is 9.57. The van der Waals surface area contributed by atoms with Crippen LogP contribution in [0.1, 0.15) is 24.4 Å². The molecule has 0 saturated carbocycles. The van der Waals surface area contributed by atoms with E-state index in [0.717, 1.165) is 15.7 Å². The van der Waals surface area contributed by atoms with E-state index >= 15 is 0 Å². The van der Waals surface area contributed by atoms with E-state index in [2.05, 4.69) is 31.4 Å². The molecule has 2 aromatic rings. The summed E-state index contributed by atoms with van der Waals surface area (Å²) in [5, 5.41) is 10.7. The van der Waals surface area contributed by atoms with Crippen molar-refractivity contribution in [1.82, 2.24) is 10.2 Å². The van der Waals surface area contributed by atoms with E-state index < -0.39 is 0 Å². The minimum atomic E-state index is -0.262. The second kappa shape index (κ2) is 4.85. The fourth-order valence-electron chi connectivity index (χ4n) is 1.40. The lowest BCUT2D eigenvalue weighted by Gasteiger charge is -2.03. The fraction of sp³-hybridized carbons (Fsp3) is 0.273. The molecular weight excluding hydrogens is 284 g/mol. The molecule has 0 aliphatic carbocycles. The van der Waals surface area contributed by atoms with Gasteiger partial charge in [-0.2, -0.15) is 0 Å². The van der Waals surface area contributed by atoms with Gasteiger partial charge in [-0.25, -0.2) is 0 Å². The molecule has 0 aliphatic rings. The van der Waals surface area contributed by atoms with E-state index in [1.54, 1.807) is 6.92 Å². The Kier molecular flexibility index (Phi) is 3.44. The molecule has 90 valence electrons. The Hall–Kier alpha value is -1.40. The number of nitrogens with zero attached hydrogens (tertiary/aromatic N) is 2. The molecule has 0 aliphatic heterocycles. The Morgan fingerprint density at radius 3 is 2.71 bits per heavy atom. The molecule has 3 N–H and O–H groups in total. The van der Waals surface area contributed by atoms with Gasteiger partial charge in [0.15, 0.2) is 0 Å². The van der Waals surface area contributed by atoms with E-state index in [4.69, 9.17) is 10.2 Å². The molecule has 0 spiro atoms. The summed E-state index contributed by atoms with van der Waals surface area (Å²) in [6.45, 7) is 3.80. The van der Waals surface area contributed by atoms with Crippen LogP contribution in [0, 0.1) is 6.92 Å². The van der Waals surface area contributed by atoms with Crippen LogP contribution in [-0.4, -0.2) is 10.2 Å². The Morgan fingerprint density at radius 2 is 2.12 bits per heavy atom. The number of nitrogens with one attached hydrogen (secondary N) is 1. The van der Waals surface area contributed by atoms with Crippen molar-refractivity contribution in [3.63, 3.8) is 0 Å². The number of benzene rings is 1. The highest BCUT2D eigenvalue weighted by atomic mass is 79.9. The highest BCUT2D eigenvalue weighted by Crippen LogP contribution is 2.22. The topological polar surface area (TPSA) is 77.0 Å². The fourth-order valence-corrected chi connectivity index (χ4v) is 2.01. The first-order valence-electron chi connectivity index (χ1n) is 5.18. The van der Waals surface area contributed by atoms with Gasteiger partial charge in [-0.3, -0.25) is 0 Å². The quantitative estimate of drug-likeness (QED) is 0.911. The molecular formula is C11H13BrN4O. The summed E-state index contributed by atoms with van der Waals surface area (Å²) in [5.41, 5.74) is 7.66. The van der Waals surface area contributed by atoms with Crippen molar-refractivity contribution in [1.29, 1.82) is 0 Å². The monoisotopic (exact) mass is 296 g/mol.